The van der Waals surface area contributed by atoms with Gasteiger partial charge in [-0.1, -0.05) is 11.6 Å². The number of hydroxylamine groups is 1. The first-order chi connectivity index (χ1) is 14.4. The minimum atomic E-state index is -2.90. The molecule has 1 atom stereocenters. The lowest BCUT2D eigenvalue weighted by atomic mass is 10.0. The fraction of sp³-hybridized carbons (Fsp3) is 0.450. The van der Waals surface area contributed by atoms with Crippen LogP contribution in [-0.2, 0) is 6.54 Å². The molecule has 1 aromatic rings. The summed E-state index contributed by atoms with van der Waals surface area (Å²) in [5, 5.41) is 18.1. The normalized spacial score (nSPS) is 14.1. The van der Waals surface area contributed by atoms with Gasteiger partial charge in [-0.3, -0.25) is 29.6 Å². The first-order valence-electron chi connectivity index (χ1n) is 9.28. The number of rotatable bonds is 11. The molecule has 8 nitrogen and oxygen atoms in total. The fourth-order valence-electron chi connectivity index (χ4n) is 3.06. The highest BCUT2D eigenvalue weighted by Gasteiger charge is 2.26. The van der Waals surface area contributed by atoms with Gasteiger partial charge < -0.3 is 5.11 Å². The molecule has 0 aromatic carbocycles. The second kappa shape index (κ2) is 11.8. The average Bonchev–Trinajstić information content (AvgIpc) is 2.70. The van der Waals surface area contributed by atoms with Crippen LogP contribution in [0.4, 0.5) is 8.78 Å². The van der Waals surface area contributed by atoms with Crippen LogP contribution in [0.15, 0.2) is 35.2 Å². The minimum absolute atomic E-state index is 0.0159. The van der Waals surface area contributed by atoms with Crippen molar-refractivity contribution in [2.45, 2.75) is 32.4 Å². The zero-order chi connectivity index (χ0) is 23.8. The number of allylic oxidation sites excluding steroid dienone is 2. The van der Waals surface area contributed by atoms with Gasteiger partial charge >= 0.3 is 0 Å². The first-order valence-corrected chi connectivity index (χ1v) is 9.65. The molecule has 1 aromatic heterocycles. The van der Waals surface area contributed by atoms with Crippen molar-refractivity contribution in [3.8, 4) is 0 Å². The van der Waals surface area contributed by atoms with Gasteiger partial charge in [0.05, 0.1) is 17.8 Å². The maximum Gasteiger partial charge on any atom is 0.293 e. The molecule has 1 rings (SSSR count). The third kappa shape index (κ3) is 8.33. The van der Waals surface area contributed by atoms with E-state index in [2.05, 4.69) is 4.98 Å². The predicted octanol–water partition coefficient (Wildman–Crippen LogP) is 2.99. The number of halogens is 3. The van der Waals surface area contributed by atoms with Crippen LogP contribution < -0.4 is 5.48 Å². The van der Waals surface area contributed by atoms with Gasteiger partial charge in [0, 0.05) is 43.4 Å². The summed E-state index contributed by atoms with van der Waals surface area (Å²) in [6, 6.07) is 1.04. The number of hydrogen-bond acceptors (Lipinski definition) is 7. The number of amides is 1. The Morgan fingerprint density at radius 1 is 1.42 bits per heavy atom. The van der Waals surface area contributed by atoms with E-state index in [1.165, 1.54) is 35.8 Å². The maximum absolute atomic E-state index is 13.4. The van der Waals surface area contributed by atoms with Crippen molar-refractivity contribution in [1.29, 1.82) is 0 Å². The molecule has 3 N–H and O–H groups in total. The lowest BCUT2D eigenvalue weighted by Crippen LogP contribution is -2.39. The molecule has 1 amide bonds. The smallest absolute Gasteiger partial charge is 0.293 e. The van der Waals surface area contributed by atoms with Crippen LogP contribution >= 0.6 is 11.6 Å². The van der Waals surface area contributed by atoms with Gasteiger partial charge in [0.15, 0.2) is 6.29 Å². The van der Waals surface area contributed by atoms with Crippen LogP contribution in [-0.4, -0.2) is 76.4 Å². The number of pyridine rings is 1. The molecule has 0 aliphatic heterocycles. The summed E-state index contributed by atoms with van der Waals surface area (Å²) in [7, 11) is 3.23. The van der Waals surface area contributed by atoms with Gasteiger partial charge in [-0.25, -0.2) is 14.3 Å². The van der Waals surface area contributed by atoms with Gasteiger partial charge in [0.1, 0.15) is 5.69 Å². The Labute approximate surface area is 184 Å². The summed E-state index contributed by atoms with van der Waals surface area (Å²) in [6.45, 7) is 2.32. The van der Waals surface area contributed by atoms with Gasteiger partial charge in [-0.05, 0) is 38.7 Å². The molecule has 31 heavy (non-hydrogen) atoms. The maximum atomic E-state index is 13.4. The second-order valence-corrected chi connectivity index (χ2v) is 7.79. The largest absolute Gasteiger partial charge is 0.514 e. The highest BCUT2D eigenvalue weighted by Crippen LogP contribution is 2.21. The number of aliphatic hydroxyl groups excluding tert-OH is 1. The molecular formula is C20H27ClF2N4O4. The van der Waals surface area contributed by atoms with Gasteiger partial charge in [0.25, 0.3) is 11.8 Å². The highest BCUT2D eigenvalue weighted by atomic mass is 35.5. The SMILES string of the molecule is CC(/C(=C/C(Cl)=C/O)CN(C)CC(C)(F)F)N(C)Cc1c(C=O)ccnc1C(=O)NO. The van der Waals surface area contributed by atoms with Crippen LogP contribution in [0.1, 0.15) is 40.3 Å². The predicted molar refractivity (Wildman–Crippen MR) is 113 cm³/mol. The molecule has 0 bridgehead atoms. The molecule has 11 heteroatoms. The standard InChI is InChI=1S/C20H27ClF2N4O4/c1-13(15(7-16(21)11-29)8-26(3)12-20(2,22)23)27(4)9-17-14(10-28)5-6-24-18(17)19(30)25-31/h5-7,10-11,13,29,31H,8-9,12H2,1-4H3,(H,25,30)/b15-7+,16-11-. The fourth-order valence-corrected chi connectivity index (χ4v) is 3.20. The number of nitrogens with one attached hydrogen (secondary N) is 1. The summed E-state index contributed by atoms with van der Waals surface area (Å²) in [5.41, 5.74) is 2.49. The molecule has 0 aliphatic carbocycles. The van der Waals surface area contributed by atoms with Crippen LogP contribution in [0.5, 0.6) is 0 Å². The van der Waals surface area contributed by atoms with E-state index < -0.39 is 24.4 Å². The number of aliphatic hydroxyl groups is 1. The van der Waals surface area contributed by atoms with Crippen molar-refractivity contribution in [2.24, 2.45) is 0 Å². The van der Waals surface area contributed by atoms with E-state index in [9.17, 15) is 18.4 Å². The Kier molecular flexibility index (Phi) is 10.2. The van der Waals surface area contributed by atoms with E-state index in [-0.39, 0.29) is 34.9 Å². The third-order valence-electron chi connectivity index (χ3n) is 4.59. The molecule has 1 heterocycles. The Morgan fingerprint density at radius 2 is 2.06 bits per heavy atom. The molecule has 0 saturated heterocycles. The number of aldehydes is 1. The van der Waals surface area contributed by atoms with Crippen LogP contribution in [0, 0.1) is 0 Å². The zero-order valence-corrected chi connectivity index (χ0v) is 18.5. The average molecular weight is 461 g/mol. The molecule has 172 valence electrons. The topological polar surface area (TPSA) is 106 Å². The van der Waals surface area contributed by atoms with E-state index in [1.807, 2.05) is 0 Å². The summed E-state index contributed by atoms with van der Waals surface area (Å²) >= 11 is 5.93. The Morgan fingerprint density at radius 3 is 2.58 bits per heavy atom. The van der Waals surface area contributed by atoms with Crippen LogP contribution in [0.3, 0.4) is 0 Å². The Bertz CT molecular complexity index is 843. The number of nitrogens with zero attached hydrogens (tertiary/aromatic N) is 3. The van der Waals surface area contributed by atoms with Crippen molar-refractivity contribution in [2.75, 3.05) is 27.2 Å². The summed E-state index contributed by atoms with van der Waals surface area (Å²) in [6.07, 6.45) is 4.01. The zero-order valence-electron chi connectivity index (χ0n) is 17.8. The summed E-state index contributed by atoms with van der Waals surface area (Å²) in [5.74, 6) is -3.76. The monoisotopic (exact) mass is 460 g/mol. The van der Waals surface area contributed by atoms with Gasteiger partial charge in [0.2, 0.25) is 0 Å². The van der Waals surface area contributed by atoms with E-state index in [0.717, 1.165) is 6.92 Å². The quantitative estimate of drug-likeness (QED) is 0.153. The van der Waals surface area contributed by atoms with E-state index in [4.69, 9.17) is 21.9 Å². The summed E-state index contributed by atoms with van der Waals surface area (Å²) < 4.78 is 26.8. The van der Waals surface area contributed by atoms with E-state index >= 15 is 0 Å². The highest BCUT2D eigenvalue weighted by molar-refractivity contribution is 6.31. The first kappa shape index (κ1) is 26.6. The second-order valence-electron chi connectivity index (χ2n) is 7.35. The lowest BCUT2D eigenvalue weighted by Gasteiger charge is -2.31. The molecule has 1 unspecified atom stereocenters. The van der Waals surface area contributed by atoms with Crippen molar-refractivity contribution in [1.82, 2.24) is 20.3 Å². The van der Waals surface area contributed by atoms with E-state index in [1.54, 1.807) is 18.9 Å². The molecular weight excluding hydrogens is 434 g/mol. The van der Waals surface area contributed by atoms with Crippen molar-refractivity contribution < 1.29 is 28.7 Å². The van der Waals surface area contributed by atoms with Crippen molar-refractivity contribution >= 4 is 23.8 Å². The van der Waals surface area contributed by atoms with Gasteiger partial charge in [-0.15, -0.1) is 0 Å². The molecule has 0 aliphatic rings. The number of hydrogen-bond donors (Lipinski definition) is 3. The van der Waals surface area contributed by atoms with Crippen LogP contribution in [0.2, 0.25) is 0 Å². The third-order valence-corrected chi connectivity index (χ3v) is 4.79. The molecule has 0 fully saturated rings. The molecule has 0 saturated carbocycles. The van der Waals surface area contributed by atoms with E-state index in [0.29, 0.717) is 18.1 Å². The molecule has 0 radical (unpaired) electrons. The Balaban J connectivity index is 3.22. The number of aromatic nitrogens is 1. The van der Waals surface area contributed by atoms with Crippen molar-refractivity contribution in [3.63, 3.8) is 0 Å². The summed E-state index contributed by atoms with van der Waals surface area (Å²) in [4.78, 5) is 30.5. The molecule has 0 spiro atoms. The number of carbonyl (C=O) groups is 2. The van der Waals surface area contributed by atoms with Gasteiger partial charge in [-0.2, -0.15) is 0 Å². The Hall–Kier alpha value is -2.40. The van der Waals surface area contributed by atoms with Crippen molar-refractivity contribution in [3.05, 3.63) is 52.0 Å². The van der Waals surface area contributed by atoms with Crippen LogP contribution in [0.25, 0.3) is 0 Å². The number of carbonyl (C=O) groups excluding carboxylic acids is 2. The minimum Gasteiger partial charge on any atom is -0.514 e. The lowest BCUT2D eigenvalue weighted by molar-refractivity contribution is -0.00645. The number of likely N-dealkylation sites (N-methyl/N-ethyl adjacent to an activating group) is 2. The number of alkyl halides is 2.